The van der Waals surface area contributed by atoms with Crippen molar-refractivity contribution < 1.29 is 0 Å². The van der Waals surface area contributed by atoms with Crippen molar-refractivity contribution in [2.75, 3.05) is 0 Å². The van der Waals surface area contributed by atoms with Crippen molar-refractivity contribution in [2.45, 2.75) is 0 Å². The number of rotatable bonds is 9. The Kier molecular flexibility index (Phi) is 11.6. The van der Waals surface area contributed by atoms with E-state index in [1.165, 1.54) is 43.6 Å². The standard InChI is InChI=1S/C86H54N6/c1-5-22-55(23-6-1)64-34-21-35-65(56-24-7-2-8-25-56)84(64)61-40-45-74-75(54-61)88-86(92-79-39-20-16-33-69(79)73-53-60(44-49-83(73)92)58-42-47-81-71(51-58)67-31-14-18-37-77(67)90(81)63-28-11-4-12-29-63)85(87-74)91-78-38-19-15-32-68(78)72-52-59(43-48-82(72)91)57-41-46-80-70(50-57)66-30-13-17-36-76(66)89(80)62-26-9-3-10-27-62/h1-54H. The molecule has 0 spiro atoms. The van der Waals surface area contributed by atoms with Crippen LogP contribution in [0.1, 0.15) is 0 Å². The average molecular weight is 1170 g/mol. The lowest BCUT2D eigenvalue weighted by molar-refractivity contribution is 0.996. The van der Waals surface area contributed by atoms with E-state index < -0.39 is 0 Å². The number of hydrogen-bond donors (Lipinski definition) is 0. The number of benzene rings is 14. The molecule has 0 atom stereocenters. The van der Waals surface area contributed by atoms with Gasteiger partial charge < -0.3 is 9.13 Å². The van der Waals surface area contributed by atoms with E-state index >= 15 is 0 Å². The van der Waals surface area contributed by atoms with Crippen LogP contribution in [0.4, 0.5) is 0 Å². The van der Waals surface area contributed by atoms with Crippen molar-refractivity contribution in [1.29, 1.82) is 0 Å². The fraction of sp³-hybridized carbons (Fsp3) is 0. The fourth-order valence-corrected chi connectivity index (χ4v) is 14.8. The molecule has 0 fully saturated rings. The van der Waals surface area contributed by atoms with Crippen molar-refractivity contribution in [3.8, 4) is 78.6 Å². The highest BCUT2D eigenvalue weighted by molar-refractivity contribution is 6.15. The van der Waals surface area contributed by atoms with Crippen molar-refractivity contribution >= 4 is 98.3 Å². The highest BCUT2D eigenvalue weighted by Crippen LogP contribution is 2.45. The molecule has 0 aliphatic rings. The van der Waals surface area contributed by atoms with E-state index in [0.29, 0.717) is 0 Å². The van der Waals surface area contributed by atoms with Crippen LogP contribution >= 0.6 is 0 Å². The van der Waals surface area contributed by atoms with E-state index in [9.17, 15) is 0 Å². The Bertz CT molecular complexity index is 6110. The van der Waals surface area contributed by atoms with E-state index in [1.54, 1.807) is 0 Å². The Morgan fingerprint density at radius 3 is 0.880 bits per heavy atom. The van der Waals surface area contributed by atoms with E-state index in [1.807, 2.05) is 0 Å². The summed E-state index contributed by atoms with van der Waals surface area (Å²) < 4.78 is 9.48. The maximum atomic E-state index is 5.97. The van der Waals surface area contributed by atoms with Crippen molar-refractivity contribution in [3.63, 3.8) is 0 Å². The van der Waals surface area contributed by atoms with Gasteiger partial charge in [0.2, 0.25) is 0 Å². The molecular weight excluding hydrogens is 1120 g/mol. The third-order valence-corrected chi connectivity index (χ3v) is 19.0. The van der Waals surface area contributed by atoms with Crippen LogP contribution in [0.2, 0.25) is 0 Å². The Labute approximate surface area is 529 Å². The van der Waals surface area contributed by atoms with Gasteiger partial charge in [0.15, 0.2) is 11.6 Å². The van der Waals surface area contributed by atoms with Crippen LogP contribution in [-0.4, -0.2) is 28.2 Å². The molecule has 0 aliphatic carbocycles. The van der Waals surface area contributed by atoms with Gasteiger partial charge in [0.1, 0.15) is 0 Å². The van der Waals surface area contributed by atoms with Gasteiger partial charge in [-0.1, -0.05) is 218 Å². The summed E-state index contributed by atoms with van der Waals surface area (Å²) in [5.74, 6) is 1.47. The maximum Gasteiger partial charge on any atom is 0.182 e. The predicted molar refractivity (Wildman–Crippen MR) is 384 cm³/mol. The first-order chi connectivity index (χ1) is 45.6. The lowest BCUT2D eigenvalue weighted by Crippen LogP contribution is -2.09. The highest BCUT2D eigenvalue weighted by Gasteiger charge is 2.25. The monoisotopic (exact) mass is 1170 g/mol. The Balaban J connectivity index is 0.837. The van der Waals surface area contributed by atoms with Crippen molar-refractivity contribution in [2.24, 2.45) is 0 Å². The van der Waals surface area contributed by atoms with Crippen LogP contribution in [0.25, 0.3) is 177 Å². The summed E-state index contributed by atoms with van der Waals surface area (Å²) in [6, 6.07) is 119. The quantitative estimate of drug-likeness (QED) is 0.145. The van der Waals surface area contributed by atoms with Crippen molar-refractivity contribution in [3.05, 3.63) is 328 Å². The summed E-state index contributed by atoms with van der Waals surface area (Å²) in [5, 5.41) is 9.42. The molecule has 0 N–H and O–H groups in total. The molecule has 0 saturated carbocycles. The molecule has 5 aromatic heterocycles. The van der Waals surface area contributed by atoms with Crippen LogP contribution in [0.3, 0.4) is 0 Å². The predicted octanol–water partition coefficient (Wildman–Crippen LogP) is 22.4. The molecular formula is C86H54N6. The van der Waals surface area contributed by atoms with Gasteiger partial charge in [-0.3, -0.25) is 9.13 Å². The Morgan fingerprint density at radius 2 is 0.489 bits per heavy atom. The second kappa shape index (κ2) is 20.6. The molecule has 0 bridgehead atoms. The van der Waals surface area contributed by atoms with Crippen molar-refractivity contribution in [1.82, 2.24) is 28.2 Å². The molecule has 5 heterocycles. The Morgan fingerprint density at radius 1 is 0.185 bits per heavy atom. The third-order valence-electron chi connectivity index (χ3n) is 19.0. The zero-order valence-electron chi connectivity index (χ0n) is 49.9. The van der Waals surface area contributed by atoms with Gasteiger partial charge in [-0.05, 0) is 165 Å². The highest BCUT2D eigenvalue weighted by atomic mass is 15.2. The van der Waals surface area contributed by atoms with Gasteiger partial charge >= 0.3 is 0 Å². The number of nitrogens with zero attached hydrogens (tertiary/aromatic N) is 6. The fourth-order valence-electron chi connectivity index (χ4n) is 14.8. The minimum atomic E-state index is 0.732. The van der Waals surface area contributed by atoms with E-state index in [2.05, 4.69) is 346 Å². The molecule has 14 aromatic carbocycles. The third kappa shape index (κ3) is 8.00. The molecule has 6 heteroatoms. The second-order valence-corrected chi connectivity index (χ2v) is 24.0. The molecule has 19 aromatic rings. The molecule has 0 amide bonds. The van der Waals surface area contributed by atoms with E-state index in [0.717, 1.165) is 133 Å². The Hall–Kier alpha value is -12.4. The van der Waals surface area contributed by atoms with Crippen LogP contribution in [0.5, 0.6) is 0 Å². The topological polar surface area (TPSA) is 45.5 Å². The van der Waals surface area contributed by atoms with E-state index in [4.69, 9.17) is 9.97 Å². The molecule has 0 saturated heterocycles. The first kappa shape index (κ1) is 51.6. The minimum Gasteiger partial charge on any atom is -0.309 e. The molecule has 0 radical (unpaired) electrons. The van der Waals surface area contributed by atoms with E-state index in [-0.39, 0.29) is 0 Å². The first-order valence-corrected chi connectivity index (χ1v) is 31.5. The molecule has 92 heavy (non-hydrogen) atoms. The molecule has 6 nitrogen and oxygen atoms in total. The van der Waals surface area contributed by atoms with Gasteiger partial charge in [-0.15, -0.1) is 0 Å². The first-order valence-electron chi connectivity index (χ1n) is 31.5. The zero-order valence-corrected chi connectivity index (χ0v) is 49.9. The summed E-state index contributed by atoms with van der Waals surface area (Å²) in [7, 11) is 0. The van der Waals surface area contributed by atoms with Crippen LogP contribution in [0, 0.1) is 0 Å². The van der Waals surface area contributed by atoms with Crippen LogP contribution in [-0.2, 0) is 0 Å². The largest absolute Gasteiger partial charge is 0.309 e. The van der Waals surface area contributed by atoms with Gasteiger partial charge in [0.25, 0.3) is 0 Å². The molecule has 19 rings (SSSR count). The summed E-state index contributed by atoms with van der Waals surface area (Å²) >= 11 is 0. The lowest BCUT2D eigenvalue weighted by Gasteiger charge is -2.18. The van der Waals surface area contributed by atoms with Crippen LogP contribution < -0.4 is 0 Å². The van der Waals surface area contributed by atoms with Gasteiger partial charge in [-0.2, -0.15) is 0 Å². The maximum absolute atomic E-state index is 5.97. The normalized spacial score (nSPS) is 11.9. The smallest absolute Gasteiger partial charge is 0.182 e. The minimum absolute atomic E-state index is 0.732. The molecule has 0 unspecified atom stereocenters. The average Bonchev–Trinajstić information content (AvgIpc) is 1.70. The number of para-hydroxylation sites is 6. The number of hydrogen-bond acceptors (Lipinski definition) is 2. The summed E-state index contributed by atoms with van der Waals surface area (Å²) in [5.41, 5.74) is 24.2. The summed E-state index contributed by atoms with van der Waals surface area (Å²) in [6.07, 6.45) is 0. The van der Waals surface area contributed by atoms with Crippen LogP contribution in [0.15, 0.2) is 328 Å². The number of aromatic nitrogens is 6. The molecule has 428 valence electrons. The SMILES string of the molecule is c1ccc(-c2cccc(-c3ccccc3)c2-c2ccc3nc(-n4c5ccccc5c5cc(-c6ccc7c(c6)c6ccccc6n7-c6ccccc6)ccc54)c(-n4c5ccccc5c5cc(-c6ccc7c(c6)c6ccccc6n7-c6ccccc6)ccc54)nc3c2)cc1. The summed E-state index contributed by atoms with van der Waals surface area (Å²) in [4.78, 5) is 11.8. The second-order valence-electron chi connectivity index (χ2n) is 24.0. The summed E-state index contributed by atoms with van der Waals surface area (Å²) in [6.45, 7) is 0. The lowest BCUT2D eigenvalue weighted by atomic mass is 9.87. The van der Waals surface area contributed by atoms with Gasteiger partial charge in [0, 0.05) is 54.5 Å². The number of fused-ring (bicyclic) bond motifs is 13. The van der Waals surface area contributed by atoms with Gasteiger partial charge in [-0.25, -0.2) is 9.97 Å². The zero-order chi connectivity index (χ0) is 60.4. The molecule has 0 aliphatic heterocycles. The van der Waals surface area contributed by atoms with Gasteiger partial charge in [0.05, 0.1) is 55.2 Å².